The van der Waals surface area contributed by atoms with Crippen LogP contribution in [0.3, 0.4) is 0 Å². The molecule has 0 spiro atoms. The van der Waals surface area contributed by atoms with Crippen LogP contribution in [0.15, 0.2) is 84.9 Å². The summed E-state index contributed by atoms with van der Waals surface area (Å²) < 4.78 is 0. The van der Waals surface area contributed by atoms with Crippen LogP contribution in [0.2, 0.25) is 0 Å². The molecule has 0 N–H and O–H groups in total. The zero-order chi connectivity index (χ0) is 22.2. The second-order valence-electron chi connectivity index (χ2n) is 8.67. The van der Waals surface area contributed by atoms with Crippen molar-refractivity contribution in [2.45, 2.75) is 25.9 Å². The van der Waals surface area contributed by atoms with Gasteiger partial charge in [0.15, 0.2) is 0 Å². The Morgan fingerprint density at radius 2 is 0.969 bits per heavy atom. The minimum Gasteiger partial charge on any atom is -0.332 e. The van der Waals surface area contributed by atoms with E-state index in [9.17, 15) is 9.59 Å². The van der Waals surface area contributed by atoms with E-state index in [1.54, 1.807) is 0 Å². The van der Waals surface area contributed by atoms with Gasteiger partial charge in [-0.25, -0.2) is 0 Å². The zero-order valence-corrected chi connectivity index (χ0v) is 18.4. The van der Waals surface area contributed by atoms with Gasteiger partial charge < -0.3 is 9.80 Å². The first-order chi connectivity index (χ1) is 15.5. The van der Waals surface area contributed by atoms with Crippen molar-refractivity contribution in [3.63, 3.8) is 0 Å². The van der Waals surface area contributed by atoms with Gasteiger partial charge in [0.25, 0.3) is 11.8 Å². The van der Waals surface area contributed by atoms with E-state index in [1.807, 2.05) is 109 Å². The molecule has 160 valence electrons. The molecule has 4 aromatic carbocycles. The summed E-state index contributed by atoms with van der Waals surface area (Å²) in [5.74, 6) is 0.0526. The lowest BCUT2D eigenvalue weighted by Crippen LogP contribution is -2.59. The van der Waals surface area contributed by atoms with Crippen LogP contribution in [0.5, 0.6) is 0 Å². The SMILES string of the molecule is C[C@H]1CN(C(=O)c2cccc3ccccc23)[C@@H](C)CN1C(=O)c1cccc2ccccc12. The van der Waals surface area contributed by atoms with Gasteiger partial charge in [-0.3, -0.25) is 9.59 Å². The predicted molar refractivity (Wildman–Crippen MR) is 129 cm³/mol. The summed E-state index contributed by atoms with van der Waals surface area (Å²) in [6.45, 7) is 5.08. The third kappa shape index (κ3) is 3.42. The first kappa shape index (κ1) is 20.3. The van der Waals surface area contributed by atoms with Crippen molar-refractivity contribution in [3.05, 3.63) is 96.1 Å². The summed E-state index contributed by atoms with van der Waals surface area (Å²) in [5.41, 5.74) is 1.44. The number of rotatable bonds is 2. The summed E-state index contributed by atoms with van der Waals surface area (Å²) in [4.78, 5) is 30.9. The Morgan fingerprint density at radius 3 is 1.41 bits per heavy atom. The van der Waals surface area contributed by atoms with Crippen molar-refractivity contribution in [2.75, 3.05) is 13.1 Å². The quantitative estimate of drug-likeness (QED) is 0.436. The molecule has 4 heteroatoms. The Labute approximate surface area is 188 Å². The molecule has 5 rings (SSSR count). The van der Waals surface area contributed by atoms with Crippen molar-refractivity contribution in [1.29, 1.82) is 0 Å². The van der Waals surface area contributed by atoms with E-state index < -0.39 is 0 Å². The Kier molecular flexibility index (Phi) is 5.14. The van der Waals surface area contributed by atoms with Crippen LogP contribution in [0.4, 0.5) is 0 Å². The van der Waals surface area contributed by atoms with Gasteiger partial charge in [-0.2, -0.15) is 0 Å². The standard InChI is InChI=1S/C28H26N2O2/c1-19-17-30(28(32)26-16-8-12-22-10-4-6-14-24(22)26)20(2)18-29(19)27(31)25-15-7-11-21-9-3-5-13-23(21)25/h3-16,19-20H,17-18H2,1-2H3/t19-,20-/m0/s1. The van der Waals surface area contributed by atoms with Crippen molar-refractivity contribution >= 4 is 33.4 Å². The molecule has 0 radical (unpaired) electrons. The maximum absolute atomic E-state index is 13.5. The lowest BCUT2D eigenvalue weighted by atomic mass is 9.99. The van der Waals surface area contributed by atoms with Crippen molar-refractivity contribution in [3.8, 4) is 0 Å². The average molecular weight is 423 g/mol. The van der Waals surface area contributed by atoms with Gasteiger partial charge in [-0.15, -0.1) is 0 Å². The molecule has 1 fully saturated rings. The number of benzene rings is 4. The fraction of sp³-hybridized carbons (Fsp3) is 0.214. The number of hydrogen-bond acceptors (Lipinski definition) is 2. The summed E-state index contributed by atoms with van der Waals surface area (Å²) in [6, 6.07) is 27.5. The maximum Gasteiger partial charge on any atom is 0.254 e. The summed E-state index contributed by atoms with van der Waals surface area (Å²) in [7, 11) is 0. The monoisotopic (exact) mass is 422 g/mol. The second kappa shape index (κ2) is 8.12. The molecule has 4 nitrogen and oxygen atoms in total. The second-order valence-corrected chi connectivity index (χ2v) is 8.67. The minimum absolute atomic E-state index is 0.0263. The highest BCUT2D eigenvalue weighted by Gasteiger charge is 2.35. The van der Waals surface area contributed by atoms with Gasteiger partial charge in [0, 0.05) is 36.3 Å². The molecule has 2 amide bonds. The molecule has 1 heterocycles. The number of amides is 2. The van der Waals surface area contributed by atoms with E-state index in [4.69, 9.17) is 0 Å². The Morgan fingerprint density at radius 1 is 0.594 bits per heavy atom. The molecular weight excluding hydrogens is 396 g/mol. The van der Waals surface area contributed by atoms with E-state index in [-0.39, 0.29) is 23.9 Å². The summed E-state index contributed by atoms with van der Waals surface area (Å²) in [6.07, 6.45) is 0. The van der Waals surface area contributed by atoms with Crippen LogP contribution in [-0.2, 0) is 0 Å². The predicted octanol–water partition coefficient (Wildman–Crippen LogP) is 5.37. The van der Waals surface area contributed by atoms with E-state index in [2.05, 4.69) is 0 Å². The molecule has 0 bridgehead atoms. The molecule has 0 aromatic heterocycles. The van der Waals surface area contributed by atoms with Crippen LogP contribution < -0.4 is 0 Å². The lowest BCUT2D eigenvalue weighted by molar-refractivity contribution is 0.0272. The maximum atomic E-state index is 13.5. The van der Waals surface area contributed by atoms with E-state index in [0.29, 0.717) is 13.1 Å². The molecule has 1 aliphatic heterocycles. The highest BCUT2D eigenvalue weighted by Crippen LogP contribution is 2.26. The van der Waals surface area contributed by atoms with E-state index in [0.717, 1.165) is 32.7 Å². The van der Waals surface area contributed by atoms with Crippen LogP contribution in [0.1, 0.15) is 34.6 Å². The Bertz CT molecular complexity index is 1220. The number of carbonyl (C=O) groups excluding carboxylic acids is 2. The van der Waals surface area contributed by atoms with Gasteiger partial charge in [0.1, 0.15) is 0 Å². The molecule has 32 heavy (non-hydrogen) atoms. The molecule has 0 unspecified atom stereocenters. The normalized spacial score (nSPS) is 18.8. The highest BCUT2D eigenvalue weighted by atomic mass is 16.2. The molecule has 2 atom stereocenters. The molecule has 1 saturated heterocycles. The third-order valence-corrected chi connectivity index (χ3v) is 6.55. The van der Waals surface area contributed by atoms with Crippen LogP contribution in [-0.4, -0.2) is 46.8 Å². The van der Waals surface area contributed by atoms with Gasteiger partial charge in [-0.1, -0.05) is 72.8 Å². The molecule has 0 aliphatic carbocycles. The lowest BCUT2D eigenvalue weighted by Gasteiger charge is -2.44. The number of carbonyl (C=O) groups is 2. The van der Waals surface area contributed by atoms with Gasteiger partial charge in [0.2, 0.25) is 0 Å². The molecular formula is C28H26N2O2. The smallest absolute Gasteiger partial charge is 0.254 e. The van der Waals surface area contributed by atoms with E-state index in [1.165, 1.54) is 0 Å². The Balaban J connectivity index is 1.42. The first-order valence-electron chi connectivity index (χ1n) is 11.1. The third-order valence-electron chi connectivity index (χ3n) is 6.55. The molecule has 0 saturated carbocycles. The van der Waals surface area contributed by atoms with Crippen molar-refractivity contribution in [1.82, 2.24) is 9.80 Å². The zero-order valence-electron chi connectivity index (χ0n) is 18.4. The number of hydrogen-bond donors (Lipinski definition) is 0. The molecule has 4 aromatic rings. The topological polar surface area (TPSA) is 40.6 Å². The largest absolute Gasteiger partial charge is 0.332 e. The van der Waals surface area contributed by atoms with Crippen molar-refractivity contribution in [2.24, 2.45) is 0 Å². The molecule has 1 aliphatic rings. The van der Waals surface area contributed by atoms with Crippen molar-refractivity contribution < 1.29 is 9.59 Å². The van der Waals surface area contributed by atoms with Gasteiger partial charge in [0.05, 0.1) is 0 Å². The van der Waals surface area contributed by atoms with Crippen LogP contribution >= 0.6 is 0 Å². The van der Waals surface area contributed by atoms with E-state index >= 15 is 0 Å². The summed E-state index contributed by atoms with van der Waals surface area (Å²) >= 11 is 0. The average Bonchev–Trinajstić information content (AvgIpc) is 2.83. The number of piperazine rings is 1. The van der Waals surface area contributed by atoms with Gasteiger partial charge >= 0.3 is 0 Å². The number of nitrogens with zero attached hydrogens (tertiary/aromatic N) is 2. The Hall–Kier alpha value is -3.66. The van der Waals surface area contributed by atoms with Crippen LogP contribution in [0, 0.1) is 0 Å². The fourth-order valence-corrected chi connectivity index (χ4v) is 4.83. The van der Waals surface area contributed by atoms with Gasteiger partial charge in [-0.05, 0) is 47.5 Å². The minimum atomic E-state index is -0.0726. The summed E-state index contributed by atoms with van der Waals surface area (Å²) in [5, 5.41) is 4.05. The fourth-order valence-electron chi connectivity index (χ4n) is 4.83. The number of fused-ring (bicyclic) bond motifs is 2. The highest BCUT2D eigenvalue weighted by molar-refractivity contribution is 6.08. The first-order valence-corrected chi connectivity index (χ1v) is 11.1. The van der Waals surface area contributed by atoms with Crippen LogP contribution in [0.25, 0.3) is 21.5 Å².